The number of carboxylic acids is 1. The van der Waals surface area contributed by atoms with Gasteiger partial charge in [-0.1, -0.05) is 13.0 Å². The molecule has 3 heteroatoms. The molecule has 0 radical (unpaired) electrons. The SMILES string of the molecule is CC1c2cc(C(=O)O)ccc2C2CCN(C)C1(C)C2. The first-order valence-electron chi connectivity index (χ1n) is 7.02. The smallest absolute Gasteiger partial charge is 0.335 e. The minimum Gasteiger partial charge on any atom is -0.478 e. The van der Waals surface area contributed by atoms with Crippen LogP contribution in [0.5, 0.6) is 0 Å². The molecule has 0 aromatic heterocycles. The van der Waals surface area contributed by atoms with Crippen LogP contribution in [0.4, 0.5) is 0 Å². The lowest BCUT2D eigenvalue weighted by Crippen LogP contribution is -2.54. The fourth-order valence-electron chi connectivity index (χ4n) is 3.92. The molecule has 0 amide bonds. The van der Waals surface area contributed by atoms with Gasteiger partial charge in [-0.2, -0.15) is 0 Å². The molecule has 1 fully saturated rings. The highest BCUT2D eigenvalue weighted by atomic mass is 16.4. The molecule has 19 heavy (non-hydrogen) atoms. The van der Waals surface area contributed by atoms with Crippen LogP contribution in [0.15, 0.2) is 18.2 Å². The summed E-state index contributed by atoms with van der Waals surface area (Å²) >= 11 is 0. The average molecular weight is 259 g/mol. The number of hydrogen-bond donors (Lipinski definition) is 1. The monoisotopic (exact) mass is 259 g/mol. The van der Waals surface area contributed by atoms with Crippen LogP contribution in [0.2, 0.25) is 0 Å². The minimum atomic E-state index is -0.829. The summed E-state index contributed by atoms with van der Waals surface area (Å²) in [5.41, 5.74) is 3.19. The molecule has 1 aromatic carbocycles. The van der Waals surface area contributed by atoms with E-state index in [9.17, 15) is 9.90 Å². The summed E-state index contributed by atoms with van der Waals surface area (Å²) in [4.78, 5) is 13.6. The standard InChI is InChI=1S/C16H21NO2/c1-10-14-8-11(15(18)19)4-5-13(14)12-6-7-17(3)16(10,2)9-12/h4-5,8,10,12H,6-7,9H2,1-3H3,(H,18,19). The van der Waals surface area contributed by atoms with Gasteiger partial charge >= 0.3 is 5.97 Å². The van der Waals surface area contributed by atoms with E-state index in [1.54, 1.807) is 6.07 Å². The molecule has 102 valence electrons. The molecular weight excluding hydrogens is 238 g/mol. The Morgan fingerprint density at radius 3 is 2.84 bits per heavy atom. The maximum absolute atomic E-state index is 11.2. The van der Waals surface area contributed by atoms with E-state index in [-0.39, 0.29) is 5.54 Å². The second kappa shape index (κ2) is 4.07. The summed E-state index contributed by atoms with van der Waals surface area (Å²) in [5.74, 6) is 0.142. The number of fused-ring (bicyclic) bond motifs is 4. The summed E-state index contributed by atoms with van der Waals surface area (Å²) in [7, 11) is 2.19. The summed E-state index contributed by atoms with van der Waals surface area (Å²) in [6.45, 7) is 5.69. The van der Waals surface area contributed by atoms with Crippen molar-refractivity contribution in [2.75, 3.05) is 13.6 Å². The van der Waals surface area contributed by atoms with E-state index in [0.717, 1.165) is 6.54 Å². The normalized spacial score (nSPS) is 33.8. The first-order chi connectivity index (χ1) is 8.93. The van der Waals surface area contributed by atoms with Crippen molar-refractivity contribution >= 4 is 5.97 Å². The van der Waals surface area contributed by atoms with Gasteiger partial charge in [-0.15, -0.1) is 0 Å². The molecule has 2 bridgehead atoms. The van der Waals surface area contributed by atoms with Gasteiger partial charge in [0.05, 0.1) is 5.56 Å². The van der Waals surface area contributed by atoms with Crippen molar-refractivity contribution in [3.05, 3.63) is 34.9 Å². The molecule has 1 N–H and O–H groups in total. The molecule has 0 spiro atoms. The van der Waals surface area contributed by atoms with E-state index in [1.165, 1.54) is 24.0 Å². The number of hydrogen-bond acceptors (Lipinski definition) is 2. The number of carboxylic acid groups (broad SMARTS) is 1. The van der Waals surface area contributed by atoms with Crippen molar-refractivity contribution in [1.82, 2.24) is 4.90 Å². The van der Waals surface area contributed by atoms with Crippen molar-refractivity contribution < 1.29 is 9.90 Å². The Balaban J connectivity index is 2.14. The molecule has 1 aliphatic heterocycles. The Morgan fingerprint density at radius 2 is 2.16 bits per heavy atom. The maximum Gasteiger partial charge on any atom is 0.335 e. The molecule has 1 saturated heterocycles. The number of benzene rings is 1. The van der Waals surface area contributed by atoms with Crippen LogP contribution in [0.25, 0.3) is 0 Å². The van der Waals surface area contributed by atoms with Gasteiger partial charge in [0.25, 0.3) is 0 Å². The third kappa shape index (κ3) is 1.71. The van der Waals surface area contributed by atoms with Crippen LogP contribution >= 0.6 is 0 Å². The van der Waals surface area contributed by atoms with Crippen molar-refractivity contribution in [1.29, 1.82) is 0 Å². The van der Waals surface area contributed by atoms with Crippen LogP contribution < -0.4 is 0 Å². The fourth-order valence-corrected chi connectivity index (χ4v) is 3.92. The highest BCUT2D eigenvalue weighted by Crippen LogP contribution is 2.51. The van der Waals surface area contributed by atoms with Gasteiger partial charge in [0, 0.05) is 5.54 Å². The first-order valence-corrected chi connectivity index (χ1v) is 7.02. The first kappa shape index (κ1) is 12.7. The predicted octanol–water partition coefficient (Wildman–Crippen LogP) is 3.07. The van der Waals surface area contributed by atoms with Crippen molar-refractivity contribution in [2.24, 2.45) is 0 Å². The zero-order chi connectivity index (χ0) is 13.8. The lowest BCUT2D eigenvalue weighted by atomic mass is 9.63. The van der Waals surface area contributed by atoms with E-state index < -0.39 is 5.97 Å². The van der Waals surface area contributed by atoms with Gasteiger partial charge in [0.1, 0.15) is 0 Å². The van der Waals surface area contributed by atoms with E-state index in [4.69, 9.17) is 0 Å². The summed E-state index contributed by atoms with van der Waals surface area (Å²) in [6, 6.07) is 5.70. The summed E-state index contributed by atoms with van der Waals surface area (Å²) in [5, 5.41) is 9.18. The summed E-state index contributed by atoms with van der Waals surface area (Å²) in [6.07, 6.45) is 2.36. The zero-order valence-corrected chi connectivity index (χ0v) is 11.8. The topological polar surface area (TPSA) is 40.5 Å². The quantitative estimate of drug-likeness (QED) is 0.842. The van der Waals surface area contributed by atoms with E-state index in [1.807, 2.05) is 12.1 Å². The lowest BCUT2D eigenvalue weighted by Gasteiger charge is -2.54. The Bertz CT molecular complexity index is 540. The molecule has 3 atom stereocenters. The molecule has 1 aliphatic carbocycles. The average Bonchev–Trinajstić information content (AvgIpc) is 2.39. The Hall–Kier alpha value is -1.35. The largest absolute Gasteiger partial charge is 0.478 e. The molecule has 2 aliphatic rings. The van der Waals surface area contributed by atoms with Crippen molar-refractivity contribution in [3.63, 3.8) is 0 Å². The number of aromatic carboxylic acids is 1. The molecular formula is C16H21NO2. The lowest BCUT2D eigenvalue weighted by molar-refractivity contribution is 0.0456. The van der Waals surface area contributed by atoms with Gasteiger partial charge in [-0.25, -0.2) is 4.79 Å². The van der Waals surface area contributed by atoms with E-state index in [2.05, 4.69) is 25.8 Å². The summed E-state index contributed by atoms with van der Waals surface area (Å²) < 4.78 is 0. The molecule has 1 aromatic rings. The number of carbonyl (C=O) groups is 1. The Labute approximate surface area is 114 Å². The number of rotatable bonds is 1. The molecule has 3 unspecified atom stereocenters. The zero-order valence-electron chi connectivity index (χ0n) is 11.8. The fraction of sp³-hybridized carbons (Fsp3) is 0.562. The Morgan fingerprint density at radius 1 is 1.42 bits per heavy atom. The predicted molar refractivity (Wildman–Crippen MR) is 74.8 cm³/mol. The van der Waals surface area contributed by atoms with E-state index in [0.29, 0.717) is 17.4 Å². The van der Waals surface area contributed by atoms with Crippen molar-refractivity contribution in [2.45, 2.75) is 44.1 Å². The number of nitrogens with zero attached hydrogens (tertiary/aromatic N) is 1. The highest BCUT2D eigenvalue weighted by molar-refractivity contribution is 5.88. The maximum atomic E-state index is 11.2. The van der Waals surface area contributed by atoms with Crippen LogP contribution in [-0.2, 0) is 0 Å². The third-order valence-electron chi connectivity index (χ3n) is 5.52. The third-order valence-corrected chi connectivity index (χ3v) is 5.52. The molecule has 3 nitrogen and oxygen atoms in total. The molecule has 3 rings (SSSR count). The Kier molecular flexibility index (Phi) is 2.72. The second-order valence-corrected chi connectivity index (χ2v) is 6.34. The van der Waals surface area contributed by atoms with Crippen LogP contribution in [-0.4, -0.2) is 35.1 Å². The van der Waals surface area contributed by atoms with Crippen LogP contribution in [0.3, 0.4) is 0 Å². The highest BCUT2D eigenvalue weighted by Gasteiger charge is 2.46. The van der Waals surface area contributed by atoms with E-state index >= 15 is 0 Å². The van der Waals surface area contributed by atoms with Gasteiger partial charge in [0.15, 0.2) is 0 Å². The van der Waals surface area contributed by atoms with Gasteiger partial charge in [-0.3, -0.25) is 0 Å². The number of piperidine rings is 1. The number of likely N-dealkylation sites (N-methyl/N-ethyl adjacent to an activating group) is 1. The second-order valence-electron chi connectivity index (χ2n) is 6.34. The number of likely N-dealkylation sites (tertiary alicyclic amines) is 1. The van der Waals surface area contributed by atoms with Crippen LogP contribution in [0, 0.1) is 0 Å². The molecule has 1 heterocycles. The van der Waals surface area contributed by atoms with Crippen LogP contribution in [0.1, 0.15) is 60.0 Å². The van der Waals surface area contributed by atoms with Crippen molar-refractivity contribution in [3.8, 4) is 0 Å². The minimum absolute atomic E-state index is 0.160. The van der Waals surface area contributed by atoms with Gasteiger partial charge in [-0.05, 0) is 68.5 Å². The van der Waals surface area contributed by atoms with Gasteiger partial charge in [0.2, 0.25) is 0 Å². The van der Waals surface area contributed by atoms with Gasteiger partial charge < -0.3 is 10.0 Å². The molecule has 0 saturated carbocycles.